The second-order valence-corrected chi connectivity index (χ2v) is 5.45. The molecule has 0 aliphatic heterocycles. The molecule has 0 saturated heterocycles. The van der Waals surface area contributed by atoms with Crippen LogP contribution in [0.15, 0.2) is 42.5 Å². The summed E-state index contributed by atoms with van der Waals surface area (Å²) < 4.78 is 26.8. The summed E-state index contributed by atoms with van der Waals surface area (Å²) in [4.78, 5) is 23.5. The Kier molecular flexibility index (Phi) is 6.26. The molecule has 0 unspecified atom stereocenters. The Morgan fingerprint density at radius 3 is 2.25 bits per heavy atom. The molecule has 0 radical (unpaired) electrons. The van der Waals surface area contributed by atoms with Gasteiger partial charge in [-0.15, -0.1) is 0 Å². The molecule has 0 saturated carbocycles. The Labute approximate surface area is 142 Å². The first-order chi connectivity index (χ1) is 11.5. The van der Waals surface area contributed by atoms with Crippen molar-refractivity contribution in [1.29, 1.82) is 0 Å². The molecule has 7 heteroatoms. The molecule has 0 heterocycles. The third-order valence-electron chi connectivity index (χ3n) is 3.20. The number of rotatable bonds is 6. The molecule has 0 aliphatic carbocycles. The van der Waals surface area contributed by atoms with Crippen LogP contribution < -0.4 is 10.6 Å². The smallest absolute Gasteiger partial charge is 0.251 e. The maximum atomic E-state index is 13.4. The van der Waals surface area contributed by atoms with Gasteiger partial charge < -0.3 is 10.6 Å². The van der Waals surface area contributed by atoms with Crippen LogP contribution in [0, 0.1) is 11.6 Å². The van der Waals surface area contributed by atoms with Gasteiger partial charge in [0.15, 0.2) is 0 Å². The van der Waals surface area contributed by atoms with E-state index < -0.39 is 23.2 Å². The van der Waals surface area contributed by atoms with Gasteiger partial charge in [0.1, 0.15) is 17.3 Å². The summed E-state index contributed by atoms with van der Waals surface area (Å²) in [5.41, 5.74) is -0.00928. The first-order valence-corrected chi connectivity index (χ1v) is 7.63. The molecular weight excluding hydrogens is 338 g/mol. The van der Waals surface area contributed by atoms with Crippen LogP contribution in [0.5, 0.6) is 0 Å². The summed E-state index contributed by atoms with van der Waals surface area (Å²) >= 11 is 5.74. The number of benzene rings is 2. The van der Waals surface area contributed by atoms with E-state index in [9.17, 15) is 18.4 Å². The fourth-order valence-corrected chi connectivity index (χ4v) is 2.10. The van der Waals surface area contributed by atoms with E-state index in [2.05, 4.69) is 10.6 Å². The second kappa shape index (κ2) is 8.40. The van der Waals surface area contributed by atoms with Crippen molar-refractivity contribution in [3.63, 3.8) is 0 Å². The Morgan fingerprint density at radius 2 is 1.62 bits per heavy atom. The number of nitrogens with one attached hydrogen (secondary N) is 2. The van der Waals surface area contributed by atoms with Gasteiger partial charge in [-0.25, -0.2) is 8.78 Å². The average molecular weight is 353 g/mol. The molecule has 0 spiro atoms. The first-order valence-electron chi connectivity index (χ1n) is 7.25. The monoisotopic (exact) mass is 352 g/mol. The molecule has 0 bridgehead atoms. The van der Waals surface area contributed by atoms with Gasteiger partial charge in [0.05, 0.1) is 0 Å². The van der Waals surface area contributed by atoms with Gasteiger partial charge in [0, 0.05) is 23.6 Å². The molecule has 0 aliphatic rings. The SMILES string of the molecule is O=C(CCCNC(=O)c1ccc(Cl)cc1)Nc1c(F)cccc1F. The number of carbonyl (C=O) groups excluding carboxylic acids is 2. The summed E-state index contributed by atoms with van der Waals surface area (Å²) in [6.45, 7) is 0.259. The number of para-hydroxylation sites is 1. The van der Waals surface area contributed by atoms with Gasteiger partial charge in [0.2, 0.25) is 5.91 Å². The van der Waals surface area contributed by atoms with E-state index in [1.165, 1.54) is 6.07 Å². The quantitative estimate of drug-likeness (QED) is 0.777. The highest BCUT2D eigenvalue weighted by Crippen LogP contribution is 2.18. The molecule has 0 aromatic heterocycles. The fraction of sp³-hybridized carbons (Fsp3) is 0.176. The zero-order valence-electron chi connectivity index (χ0n) is 12.6. The lowest BCUT2D eigenvalue weighted by Gasteiger charge is -2.08. The maximum Gasteiger partial charge on any atom is 0.251 e. The van der Waals surface area contributed by atoms with E-state index in [0.29, 0.717) is 17.0 Å². The van der Waals surface area contributed by atoms with Crippen molar-refractivity contribution >= 4 is 29.1 Å². The van der Waals surface area contributed by atoms with Gasteiger partial charge in [-0.1, -0.05) is 17.7 Å². The van der Waals surface area contributed by atoms with Gasteiger partial charge >= 0.3 is 0 Å². The molecule has 2 N–H and O–H groups in total. The van der Waals surface area contributed by atoms with Crippen LogP contribution >= 0.6 is 11.6 Å². The van der Waals surface area contributed by atoms with Crippen LogP contribution in [-0.2, 0) is 4.79 Å². The molecule has 2 aromatic rings. The molecule has 4 nitrogen and oxygen atoms in total. The molecule has 126 valence electrons. The van der Waals surface area contributed by atoms with Crippen LogP contribution in [0.2, 0.25) is 5.02 Å². The van der Waals surface area contributed by atoms with E-state index in [4.69, 9.17) is 11.6 Å². The molecule has 0 fully saturated rings. The minimum atomic E-state index is -0.834. The minimum absolute atomic E-state index is 0.0225. The van der Waals surface area contributed by atoms with Crippen molar-refractivity contribution in [1.82, 2.24) is 5.32 Å². The third-order valence-corrected chi connectivity index (χ3v) is 3.45. The van der Waals surface area contributed by atoms with Crippen LogP contribution in [-0.4, -0.2) is 18.4 Å². The van der Waals surface area contributed by atoms with E-state index in [1.54, 1.807) is 24.3 Å². The van der Waals surface area contributed by atoms with E-state index in [0.717, 1.165) is 12.1 Å². The summed E-state index contributed by atoms with van der Waals surface area (Å²) in [5, 5.41) is 5.37. The van der Waals surface area contributed by atoms with Gasteiger partial charge in [-0.2, -0.15) is 0 Å². The van der Waals surface area contributed by atoms with Crippen molar-refractivity contribution in [3.8, 4) is 0 Å². The average Bonchev–Trinajstić information content (AvgIpc) is 2.55. The van der Waals surface area contributed by atoms with Crippen LogP contribution in [0.4, 0.5) is 14.5 Å². The normalized spacial score (nSPS) is 10.3. The number of hydrogen-bond donors (Lipinski definition) is 2. The molecule has 2 amide bonds. The highest BCUT2D eigenvalue weighted by atomic mass is 35.5. The maximum absolute atomic E-state index is 13.4. The highest BCUT2D eigenvalue weighted by Gasteiger charge is 2.12. The van der Waals surface area contributed by atoms with E-state index in [-0.39, 0.29) is 18.9 Å². The van der Waals surface area contributed by atoms with Gasteiger partial charge in [0.25, 0.3) is 5.91 Å². The largest absolute Gasteiger partial charge is 0.352 e. The highest BCUT2D eigenvalue weighted by molar-refractivity contribution is 6.30. The van der Waals surface area contributed by atoms with Crippen molar-refractivity contribution < 1.29 is 18.4 Å². The van der Waals surface area contributed by atoms with Crippen LogP contribution in [0.3, 0.4) is 0 Å². The number of halogens is 3. The lowest BCUT2D eigenvalue weighted by atomic mass is 10.2. The van der Waals surface area contributed by atoms with E-state index >= 15 is 0 Å². The summed E-state index contributed by atoms with van der Waals surface area (Å²) in [5.74, 6) is -2.48. The zero-order chi connectivity index (χ0) is 17.5. The molecular formula is C17H15ClF2N2O2. The topological polar surface area (TPSA) is 58.2 Å². The summed E-state index contributed by atoms with van der Waals surface area (Å²) in [6.07, 6.45) is 0.357. The van der Waals surface area contributed by atoms with Crippen molar-refractivity contribution in [2.45, 2.75) is 12.8 Å². The standard InChI is InChI=1S/C17H15ClF2N2O2/c18-12-8-6-11(7-9-12)17(24)21-10-2-5-15(23)22-16-13(19)3-1-4-14(16)20/h1,3-4,6-9H,2,5,10H2,(H,21,24)(H,22,23). The number of hydrogen-bond acceptors (Lipinski definition) is 2. The van der Waals surface area contributed by atoms with Crippen molar-refractivity contribution in [2.24, 2.45) is 0 Å². The zero-order valence-corrected chi connectivity index (χ0v) is 13.4. The lowest BCUT2D eigenvalue weighted by molar-refractivity contribution is -0.116. The van der Waals surface area contributed by atoms with Crippen LogP contribution in [0.25, 0.3) is 0 Å². The van der Waals surface area contributed by atoms with E-state index in [1.807, 2.05) is 0 Å². The molecule has 0 atom stereocenters. The third kappa shape index (κ3) is 5.03. The predicted octanol–water partition coefficient (Wildman–Crippen LogP) is 3.77. The van der Waals surface area contributed by atoms with Gasteiger partial charge in [-0.3, -0.25) is 9.59 Å². The van der Waals surface area contributed by atoms with Crippen LogP contribution in [0.1, 0.15) is 23.2 Å². The first kappa shape index (κ1) is 17.9. The predicted molar refractivity (Wildman–Crippen MR) is 88.0 cm³/mol. The summed E-state index contributed by atoms with van der Waals surface area (Å²) in [6, 6.07) is 9.72. The number of carbonyl (C=O) groups is 2. The molecule has 2 aromatic carbocycles. The fourth-order valence-electron chi connectivity index (χ4n) is 1.97. The summed E-state index contributed by atoms with van der Waals surface area (Å²) in [7, 11) is 0. The number of amides is 2. The Hall–Kier alpha value is -2.47. The Bertz CT molecular complexity index is 716. The second-order valence-electron chi connectivity index (χ2n) is 5.01. The number of anilines is 1. The Morgan fingerprint density at radius 1 is 1.00 bits per heavy atom. The molecule has 24 heavy (non-hydrogen) atoms. The van der Waals surface area contributed by atoms with Crippen molar-refractivity contribution in [2.75, 3.05) is 11.9 Å². The Balaban J connectivity index is 1.75. The lowest BCUT2D eigenvalue weighted by Crippen LogP contribution is -2.25. The van der Waals surface area contributed by atoms with Crippen molar-refractivity contribution in [3.05, 3.63) is 64.7 Å². The minimum Gasteiger partial charge on any atom is -0.352 e. The van der Waals surface area contributed by atoms with Gasteiger partial charge in [-0.05, 0) is 42.8 Å². The molecule has 2 rings (SSSR count).